The van der Waals surface area contributed by atoms with Crippen molar-refractivity contribution in [1.29, 1.82) is 0 Å². The van der Waals surface area contributed by atoms with Crippen LogP contribution in [0.25, 0.3) is 16.7 Å². The van der Waals surface area contributed by atoms with E-state index in [0.717, 1.165) is 22.8 Å². The maximum atomic E-state index is 13.7. The Morgan fingerprint density at radius 3 is 2.48 bits per heavy atom. The van der Waals surface area contributed by atoms with Crippen LogP contribution in [0.5, 0.6) is 0 Å². The van der Waals surface area contributed by atoms with Crippen LogP contribution in [0.2, 0.25) is 0 Å². The summed E-state index contributed by atoms with van der Waals surface area (Å²) in [5.74, 6) is -2.94. The van der Waals surface area contributed by atoms with Crippen LogP contribution in [0.15, 0.2) is 71.5 Å². The Labute approximate surface area is 161 Å². The average Bonchev–Trinajstić information content (AvgIpc) is 3.00. The molecule has 7 heteroatoms. The first-order valence-electron chi connectivity index (χ1n) is 8.03. The lowest BCUT2D eigenvalue weighted by Crippen LogP contribution is -2.14. The van der Waals surface area contributed by atoms with Gasteiger partial charge in [0.05, 0.1) is 16.6 Å². The van der Waals surface area contributed by atoms with Gasteiger partial charge in [-0.25, -0.2) is 13.8 Å². The fraction of sp³-hybridized carbons (Fsp3) is 0. The van der Waals surface area contributed by atoms with Gasteiger partial charge in [-0.05, 0) is 64.5 Å². The van der Waals surface area contributed by atoms with Crippen LogP contribution in [-0.4, -0.2) is 15.5 Å². The SMILES string of the molecule is O=C(Nc1ccc(-n2c(Br)nc3ccccc32)cc1)c1cccc(F)c1F. The number of nitrogens with one attached hydrogen (secondary N) is 1. The molecule has 3 aromatic carbocycles. The number of aromatic nitrogens is 2. The van der Waals surface area contributed by atoms with Gasteiger partial charge < -0.3 is 5.32 Å². The van der Waals surface area contributed by atoms with Crippen LogP contribution in [0.3, 0.4) is 0 Å². The Balaban J connectivity index is 1.62. The molecule has 4 rings (SSSR count). The number of fused-ring (bicyclic) bond motifs is 1. The minimum atomic E-state index is -1.17. The third-order valence-electron chi connectivity index (χ3n) is 4.10. The topological polar surface area (TPSA) is 46.9 Å². The van der Waals surface area contributed by atoms with Crippen molar-refractivity contribution < 1.29 is 13.6 Å². The first-order valence-corrected chi connectivity index (χ1v) is 8.82. The Kier molecular flexibility index (Phi) is 4.45. The van der Waals surface area contributed by atoms with E-state index in [1.165, 1.54) is 12.1 Å². The van der Waals surface area contributed by atoms with Gasteiger partial charge in [-0.15, -0.1) is 0 Å². The number of carbonyl (C=O) groups excluding carboxylic acids is 1. The summed E-state index contributed by atoms with van der Waals surface area (Å²) in [6.45, 7) is 0. The van der Waals surface area contributed by atoms with Crippen molar-refractivity contribution in [3.05, 3.63) is 88.7 Å². The highest BCUT2D eigenvalue weighted by Crippen LogP contribution is 2.26. The van der Waals surface area contributed by atoms with E-state index in [1.54, 1.807) is 24.3 Å². The van der Waals surface area contributed by atoms with Crippen molar-refractivity contribution >= 4 is 38.6 Å². The Hall–Kier alpha value is -3.06. The van der Waals surface area contributed by atoms with Crippen LogP contribution in [0.4, 0.5) is 14.5 Å². The number of hydrogen-bond donors (Lipinski definition) is 1. The summed E-state index contributed by atoms with van der Waals surface area (Å²) in [6.07, 6.45) is 0. The monoisotopic (exact) mass is 427 g/mol. The van der Waals surface area contributed by atoms with E-state index in [4.69, 9.17) is 0 Å². The van der Waals surface area contributed by atoms with Crippen LogP contribution in [0, 0.1) is 11.6 Å². The number of nitrogens with zero attached hydrogens (tertiary/aromatic N) is 2. The minimum Gasteiger partial charge on any atom is -0.322 e. The van der Waals surface area contributed by atoms with Gasteiger partial charge in [-0.1, -0.05) is 18.2 Å². The van der Waals surface area contributed by atoms with Gasteiger partial charge in [0.15, 0.2) is 16.4 Å². The van der Waals surface area contributed by atoms with Crippen molar-refractivity contribution in [3.8, 4) is 5.69 Å². The van der Waals surface area contributed by atoms with Gasteiger partial charge in [0.1, 0.15) is 0 Å². The number of benzene rings is 3. The van der Waals surface area contributed by atoms with Crippen LogP contribution in [-0.2, 0) is 0 Å². The van der Waals surface area contributed by atoms with Crippen molar-refractivity contribution in [2.45, 2.75) is 0 Å². The van der Waals surface area contributed by atoms with Gasteiger partial charge >= 0.3 is 0 Å². The predicted octanol–water partition coefficient (Wildman–Crippen LogP) is 5.32. The molecule has 4 nitrogen and oxygen atoms in total. The number of hydrogen-bond acceptors (Lipinski definition) is 2. The molecule has 0 fully saturated rings. The molecule has 0 atom stereocenters. The first-order chi connectivity index (χ1) is 13.0. The third kappa shape index (κ3) is 3.21. The third-order valence-corrected chi connectivity index (χ3v) is 4.63. The standard InChI is InChI=1S/C20H12BrF2N3O/c21-20-25-16-6-1-2-7-17(16)26(20)13-10-8-12(9-11-13)24-19(27)14-4-3-5-15(22)18(14)23/h1-11H,(H,24,27). The van der Waals surface area contributed by atoms with E-state index in [9.17, 15) is 13.6 Å². The fourth-order valence-corrected chi connectivity index (χ4v) is 3.40. The molecule has 0 aliphatic heterocycles. The minimum absolute atomic E-state index is 0.345. The lowest BCUT2D eigenvalue weighted by atomic mass is 10.2. The summed E-state index contributed by atoms with van der Waals surface area (Å²) in [5, 5.41) is 2.57. The van der Waals surface area contributed by atoms with Crippen LogP contribution < -0.4 is 5.32 Å². The van der Waals surface area contributed by atoms with Gasteiger partial charge in [-0.2, -0.15) is 0 Å². The number of carbonyl (C=O) groups is 1. The van der Waals surface area contributed by atoms with Crippen molar-refractivity contribution in [3.63, 3.8) is 0 Å². The summed E-state index contributed by atoms with van der Waals surface area (Å²) >= 11 is 3.46. The Morgan fingerprint density at radius 2 is 1.70 bits per heavy atom. The molecule has 0 saturated carbocycles. The zero-order valence-corrected chi connectivity index (χ0v) is 15.4. The largest absolute Gasteiger partial charge is 0.322 e. The van der Waals surface area contributed by atoms with E-state index in [1.807, 2.05) is 28.8 Å². The summed E-state index contributed by atoms with van der Waals surface area (Å²) in [7, 11) is 0. The molecular formula is C20H12BrF2N3O. The molecule has 0 aliphatic carbocycles. The molecule has 134 valence electrons. The van der Waals surface area contributed by atoms with Crippen molar-refractivity contribution in [1.82, 2.24) is 9.55 Å². The number of anilines is 1. The average molecular weight is 428 g/mol. The number of imidazole rings is 1. The van der Waals surface area contributed by atoms with E-state index in [0.29, 0.717) is 10.4 Å². The van der Waals surface area contributed by atoms with Crippen LogP contribution in [0.1, 0.15) is 10.4 Å². The number of halogens is 3. The number of para-hydroxylation sites is 2. The quantitative estimate of drug-likeness (QED) is 0.480. The lowest BCUT2D eigenvalue weighted by Gasteiger charge is -2.09. The molecule has 0 unspecified atom stereocenters. The molecule has 0 spiro atoms. The summed E-state index contributed by atoms with van der Waals surface area (Å²) in [6, 6.07) is 18.2. The molecule has 4 aromatic rings. The normalized spacial score (nSPS) is 10.9. The zero-order chi connectivity index (χ0) is 19.0. The molecule has 0 bridgehead atoms. The molecule has 1 aromatic heterocycles. The zero-order valence-electron chi connectivity index (χ0n) is 13.8. The second kappa shape index (κ2) is 6.92. The molecule has 0 aliphatic rings. The maximum absolute atomic E-state index is 13.7. The summed E-state index contributed by atoms with van der Waals surface area (Å²) in [5.41, 5.74) is 2.74. The lowest BCUT2D eigenvalue weighted by molar-refractivity contribution is 0.102. The second-order valence-corrected chi connectivity index (χ2v) is 6.52. The van der Waals surface area contributed by atoms with Gasteiger partial charge in [0.2, 0.25) is 0 Å². The molecule has 0 radical (unpaired) electrons. The molecule has 1 N–H and O–H groups in total. The highest BCUT2D eigenvalue weighted by Gasteiger charge is 2.15. The van der Waals surface area contributed by atoms with Gasteiger partial charge in [-0.3, -0.25) is 9.36 Å². The molecular weight excluding hydrogens is 416 g/mol. The van der Waals surface area contributed by atoms with Crippen molar-refractivity contribution in [2.75, 3.05) is 5.32 Å². The maximum Gasteiger partial charge on any atom is 0.258 e. The second-order valence-electron chi connectivity index (χ2n) is 5.81. The van der Waals surface area contributed by atoms with Crippen LogP contribution >= 0.6 is 15.9 Å². The van der Waals surface area contributed by atoms with E-state index in [2.05, 4.69) is 26.2 Å². The number of rotatable bonds is 3. The van der Waals surface area contributed by atoms with E-state index >= 15 is 0 Å². The van der Waals surface area contributed by atoms with E-state index < -0.39 is 17.5 Å². The fourth-order valence-electron chi connectivity index (χ4n) is 2.81. The summed E-state index contributed by atoms with van der Waals surface area (Å²) in [4.78, 5) is 16.6. The molecule has 1 amide bonds. The summed E-state index contributed by atoms with van der Waals surface area (Å²) < 4.78 is 29.6. The number of amides is 1. The Morgan fingerprint density at radius 1 is 0.963 bits per heavy atom. The highest BCUT2D eigenvalue weighted by atomic mass is 79.9. The van der Waals surface area contributed by atoms with E-state index in [-0.39, 0.29) is 5.56 Å². The predicted molar refractivity (Wildman–Crippen MR) is 103 cm³/mol. The Bertz CT molecular complexity index is 1160. The van der Waals surface area contributed by atoms with Gasteiger partial charge in [0, 0.05) is 11.4 Å². The molecule has 1 heterocycles. The first kappa shape index (κ1) is 17.4. The van der Waals surface area contributed by atoms with Gasteiger partial charge in [0.25, 0.3) is 5.91 Å². The molecule has 27 heavy (non-hydrogen) atoms. The molecule has 0 saturated heterocycles. The smallest absolute Gasteiger partial charge is 0.258 e. The van der Waals surface area contributed by atoms with Crippen molar-refractivity contribution in [2.24, 2.45) is 0 Å². The highest BCUT2D eigenvalue weighted by molar-refractivity contribution is 9.10.